The van der Waals surface area contributed by atoms with Crippen LogP contribution >= 0.6 is 0 Å². The molecule has 1 aromatic carbocycles. The van der Waals surface area contributed by atoms with Crippen molar-refractivity contribution in [2.75, 3.05) is 34.4 Å². The first-order chi connectivity index (χ1) is 7.65. The van der Waals surface area contributed by atoms with Gasteiger partial charge in [0.05, 0.1) is 7.11 Å². The Morgan fingerprint density at radius 2 is 2.00 bits per heavy atom. The largest absolute Gasteiger partial charge is 0.496 e. The summed E-state index contributed by atoms with van der Waals surface area (Å²) in [7, 11) is 5.39. The first-order valence-corrected chi connectivity index (χ1v) is 5.10. The molecule has 0 atom stereocenters. The molecule has 0 saturated heterocycles. The van der Waals surface area contributed by atoms with Gasteiger partial charge in [-0.2, -0.15) is 0 Å². The SMILES string of the molecule is COc1ccccc1C(=O)OCCN(C)C. The number of para-hydroxylation sites is 1. The van der Waals surface area contributed by atoms with Crippen LogP contribution in [0, 0.1) is 0 Å². The molecule has 1 aromatic rings. The summed E-state index contributed by atoms with van der Waals surface area (Å²) in [6, 6.07) is 7.03. The van der Waals surface area contributed by atoms with E-state index in [1.807, 2.05) is 25.1 Å². The number of likely N-dealkylation sites (N-methyl/N-ethyl adjacent to an activating group) is 1. The van der Waals surface area contributed by atoms with Gasteiger partial charge in [-0.25, -0.2) is 4.79 Å². The molecule has 0 fully saturated rings. The highest BCUT2D eigenvalue weighted by atomic mass is 16.5. The quantitative estimate of drug-likeness (QED) is 0.707. The second-order valence-electron chi connectivity index (χ2n) is 3.64. The second-order valence-corrected chi connectivity index (χ2v) is 3.64. The summed E-state index contributed by atoms with van der Waals surface area (Å²) in [6.07, 6.45) is 0. The summed E-state index contributed by atoms with van der Waals surface area (Å²) < 4.78 is 10.2. The van der Waals surface area contributed by atoms with Gasteiger partial charge < -0.3 is 14.4 Å². The maximum atomic E-state index is 11.7. The normalized spacial score (nSPS) is 10.2. The van der Waals surface area contributed by atoms with Gasteiger partial charge in [-0.3, -0.25) is 0 Å². The average Bonchev–Trinajstić information content (AvgIpc) is 2.28. The highest BCUT2D eigenvalue weighted by Crippen LogP contribution is 2.17. The van der Waals surface area contributed by atoms with Crippen molar-refractivity contribution in [1.29, 1.82) is 0 Å². The Morgan fingerprint density at radius 3 is 2.62 bits per heavy atom. The van der Waals surface area contributed by atoms with Crippen molar-refractivity contribution < 1.29 is 14.3 Å². The molecule has 0 aliphatic rings. The van der Waals surface area contributed by atoms with Crippen molar-refractivity contribution in [2.45, 2.75) is 0 Å². The van der Waals surface area contributed by atoms with Crippen LogP contribution in [0.1, 0.15) is 10.4 Å². The topological polar surface area (TPSA) is 38.8 Å². The van der Waals surface area contributed by atoms with Gasteiger partial charge in [-0.15, -0.1) is 0 Å². The lowest BCUT2D eigenvalue weighted by Gasteiger charge is -2.11. The summed E-state index contributed by atoms with van der Waals surface area (Å²) in [6.45, 7) is 1.09. The smallest absolute Gasteiger partial charge is 0.341 e. The number of esters is 1. The minimum atomic E-state index is -0.348. The third-order valence-corrected chi connectivity index (χ3v) is 2.10. The average molecular weight is 223 g/mol. The van der Waals surface area contributed by atoms with Crippen LogP contribution in [0.25, 0.3) is 0 Å². The first kappa shape index (κ1) is 12.5. The van der Waals surface area contributed by atoms with E-state index in [0.717, 1.165) is 0 Å². The van der Waals surface area contributed by atoms with Crippen LogP contribution < -0.4 is 4.74 Å². The first-order valence-electron chi connectivity index (χ1n) is 5.10. The van der Waals surface area contributed by atoms with Crippen molar-refractivity contribution in [3.05, 3.63) is 29.8 Å². The van der Waals surface area contributed by atoms with Gasteiger partial charge in [0.15, 0.2) is 0 Å². The van der Waals surface area contributed by atoms with Gasteiger partial charge in [0.25, 0.3) is 0 Å². The van der Waals surface area contributed by atoms with Gasteiger partial charge >= 0.3 is 5.97 Å². The number of nitrogens with zero attached hydrogens (tertiary/aromatic N) is 1. The lowest BCUT2D eigenvalue weighted by Crippen LogP contribution is -2.20. The van der Waals surface area contributed by atoms with Gasteiger partial charge in [-0.05, 0) is 26.2 Å². The molecular formula is C12H17NO3. The number of hydrogen-bond acceptors (Lipinski definition) is 4. The van der Waals surface area contributed by atoms with Gasteiger partial charge in [0.1, 0.15) is 17.9 Å². The Labute approximate surface area is 95.8 Å². The molecule has 0 N–H and O–H groups in total. The molecule has 0 aliphatic heterocycles. The number of rotatable bonds is 5. The molecule has 0 spiro atoms. The summed E-state index contributed by atoms with van der Waals surface area (Å²) in [5.74, 6) is 0.191. The second kappa shape index (κ2) is 6.12. The highest BCUT2D eigenvalue weighted by molar-refractivity contribution is 5.92. The maximum Gasteiger partial charge on any atom is 0.341 e. The minimum Gasteiger partial charge on any atom is -0.496 e. The third-order valence-electron chi connectivity index (χ3n) is 2.10. The van der Waals surface area contributed by atoms with Crippen LogP contribution in [0.4, 0.5) is 0 Å². The van der Waals surface area contributed by atoms with E-state index in [0.29, 0.717) is 24.5 Å². The van der Waals surface area contributed by atoms with Crippen LogP contribution in [0.2, 0.25) is 0 Å². The number of hydrogen-bond donors (Lipinski definition) is 0. The molecule has 0 amide bonds. The fraction of sp³-hybridized carbons (Fsp3) is 0.417. The molecule has 0 aromatic heterocycles. The van der Waals surface area contributed by atoms with Crippen LogP contribution in [0.5, 0.6) is 5.75 Å². The Hall–Kier alpha value is -1.55. The van der Waals surface area contributed by atoms with E-state index in [9.17, 15) is 4.79 Å². The van der Waals surface area contributed by atoms with Crippen molar-refractivity contribution in [3.63, 3.8) is 0 Å². The van der Waals surface area contributed by atoms with Gasteiger partial charge in [0.2, 0.25) is 0 Å². The van der Waals surface area contributed by atoms with E-state index in [2.05, 4.69) is 0 Å². The lowest BCUT2D eigenvalue weighted by atomic mass is 10.2. The number of carbonyl (C=O) groups excluding carboxylic acids is 1. The molecule has 4 nitrogen and oxygen atoms in total. The molecule has 0 aliphatic carbocycles. The number of carbonyl (C=O) groups is 1. The molecule has 0 heterocycles. The van der Waals surface area contributed by atoms with E-state index in [1.54, 1.807) is 18.2 Å². The zero-order valence-corrected chi connectivity index (χ0v) is 9.90. The molecule has 0 radical (unpaired) electrons. The van der Waals surface area contributed by atoms with Crippen LogP contribution in [-0.2, 0) is 4.74 Å². The van der Waals surface area contributed by atoms with Crippen LogP contribution in [-0.4, -0.2) is 45.2 Å². The van der Waals surface area contributed by atoms with Crippen molar-refractivity contribution in [2.24, 2.45) is 0 Å². The zero-order chi connectivity index (χ0) is 12.0. The molecule has 0 bridgehead atoms. The van der Waals surface area contributed by atoms with Crippen molar-refractivity contribution in [3.8, 4) is 5.75 Å². The monoisotopic (exact) mass is 223 g/mol. The number of ether oxygens (including phenoxy) is 2. The van der Waals surface area contributed by atoms with E-state index >= 15 is 0 Å². The Bertz CT molecular complexity index is 350. The fourth-order valence-electron chi connectivity index (χ4n) is 1.21. The van der Waals surface area contributed by atoms with E-state index in [-0.39, 0.29) is 5.97 Å². The Kier molecular flexibility index (Phi) is 4.79. The van der Waals surface area contributed by atoms with E-state index in [4.69, 9.17) is 9.47 Å². The predicted molar refractivity (Wildman–Crippen MR) is 61.8 cm³/mol. The van der Waals surface area contributed by atoms with E-state index in [1.165, 1.54) is 7.11 Å². The van der Waals surface area contributed by atoms with Gasteiger partial charge in [-0.1, -0.05) is 12.1 Å². The predicted octanol–water partition coefficient (Wildman–Crippen LogP) is 1.41. The summed E-state index contributed by atoms with van der Waals surface area (Å²) in [5, 5.41) is 0. The van der Waals surface area contributed by atoms with Crippen LogP contribution in [0.3, 0.4) is 0 Å². The molecule has 1 rings (SSSR count). The molecular weight excluding hydrogens is 206 g/mol. The summed E-state index contributed by atoms with van der Waals surface area (Å²) in [5.41, 5.74) is 0.462. The zero-order valence-electron chi connectivity index (χ0n) is 9.90. The third kappa shape index (κ3) is 3.55. The molecule has 4 heteroatoms. The molecule has 0 saturated carbocycles. The Morgan fingerprint density at radius 1 is 1.31 bits per heavy atom. The summed E-state index contributed by atoms with van der Waals surface area (Å²) >= 11 is 0. The van der Waals surface area contributed by atoms with E-state index < -0.39 is 0 Å². The molecule has 0 unspecified atom stereocenters. The standard InChI is InChI=1S/C12H17NO3/c1-13(2)8-9-16-12(14)10-6-4-5-7-11(10)15-3/h4-7H,8-9H2,1-3H3. The fourth-order valence-corrected chi connectivity index (χ4v) is 1.21. The van der Waals surface area contributed by atoms with Gasteiger partial charge in [0, 0.05) is 6.54 Å². The van der Waals surface area contributed by atoms with Crippen molar-refractivity contribution >= 4 is 5.97 Å². The van der Waals surface area contributed by atoms with Crippen molar-refractivity contribution in [1.82, 2.24) is 4.90 Å². The number of benzene rings is 1. The Balaban J connectivity index is 2.59. The summed E-state index contributed by atoms with van der Waals surface area (Å²) in [4.78, 5) is 13.6. The molecule has 16 heavy (non-hydrogen) atoms. The minimum absolute atomic E-state index is 0.348. The number of methoxy groups -OCH3 is 1. The lowest BCUT2D eigenvalue weighted by molar-refractivity contribution is 0.0478. The van der Waals surface area contributed by atoms with Crippen LogP contribution in [0.15, 0.2) is 24.3 Å². The molecule has 88 valence electrons. The maximum absolute atomic E-state index is 11.7. The highest BCUT2D eigenvalue weighted by Gasteiger charge is 2.12.